The highest BCUT2D eigenvalue weighted by Crippen LogP contribution is 2.37. The van der Waals surface area contributed by atoms with Crippen molar-refractivity contribution in [3.63, 3.8) is 0 Å². The first-order valence-corrected chi connectivity index (χ1v) is 6.30. The maximum atomic E-state index is 11.8. The van der Waals surface area contributed by atoms with Crippen molar-refractivity contribution >= 4 is 5.91 Å². The number of amides is 1. The van der Waals surface area contributed by atoms with E-state index in [4.69, 9.17) is 9.47 Å². The Hall–Kier alpha value is -1.97. The molecular formula is C15H19NO3. The molecule has 1 aliphatic heterocycles. The first-order chi connectivity index (χ1) is 9.12. The van der Waals surface area contributed by atoms with Gasteiger partial charge in [0.2, 0.25) is 5.91 Å². The Morgan fingerprint density at radius 3 is 2.58 bits per heavy atom. The molecule has 0 aromatic heterocycles. The molecule has 0 spiro atoms. The predicted octanol–water partition coefficient (Wildman–Crippen LogP) is 2.34. The van der Waals surface area contributed by atoms with Crippen LogP contribution in [0, 0.1) is 0 Å². The number of fused-ring (bicyclic) bond motifs is 1. The molecule has 1 aromatic rings. The van der Waals surface area contributed by atoms with Gasteiger partial charge in [-0.05, 0) is 42.7 Å². The summed E-state index contributed by atoms with van der Waals surface area (Å²) in [5, 5.41) is 0. The number of rotatable bonds is 3. The highest BCUT2D eigenvalue weighted by molar-refractivity contribution is 5.87. The molecule has 1 aromatic carbocycles. The highest BCUT2D eigenvalue weighted by Gasteiger charge is 2.27. The normalized spacial score (nSPS) is 17.6. The van der Waals surface area contributed by atoms with E-state index in [0.29, 0.717) is 12.3 Å². The van der Waals surface area contributed by atoms with E-state index in [1.807, 2.05) is 24.0 Å². The number of hydrogen-bond donors (Lipinski definition) is 0. The van der Waals surface area contributed by atoms with Crippen molar-refractivity contribution in [2.24, 2.45) is 0 Å². The minimum Gasteiger partial charge on any atom is -0.493 e. The SMILES string of the molecule is C=CC(=O)N1CCc2cc(OC)c(OC)cc2C1C. The lowest BCUT2D eigenvalue weighted by Crippen LogP contribution is -2.37. The molecule has 1 amide bonds. The van der Waals surface area contributed by atoms with Gasteiger partial charge in [-0.25, -0.2) is 0 Å². The maximum absolute atomic E-state index is 11.8. The summed E-state index contributed by atoms with van der Waals surface area (Å²) in [6.45, 7) is 6.27. The van der Waals surface area contributed by atoms with Crippen molar-refractivity contribution < 1.29 is 14.3 Å². The van der Waals surface area contributed by atoms with E-state index in [-0.39, 0.29) is 11.9 Å². The van der Waals surface area contributed by atoms with Gasteiger partial charge >= 0.3 is 0 Å². The van der Waals surface area contributed by atoms with E-state index in [9.17, 15) is 4.79 Å². The predicted molar refractivity (Wildman–Crippen MR) is 73.6 cm³/mol. The van der Waals surface area contributed by atoms with Crippen molar-refractivity contribution in [3.05, 3.63) is 35.9 Å². The minimum atomic E-state index is -0.0343. The monoisotopic (exact) mass is 261 g/mol. The average Bonchev–Trinajstić information content (AvgIpc) is 2.45. The lowest BCUT2D eigenvalue weighted by molar-refractivity contribution is -0.128. The van der Waals surface area contributed by atoms with E-state index in [1.54, 1.807) is 14.2 Å². The molecule has 1 atom stereocenters. The van der Waals surface area contributed by atoms with Crippen LogP contribution >= 0.6 is 0 Å². The van der Waals surface area contributed by atoms with Crippen molar-refractivity contribution in [3.8, 4) is 11.5 Å². The zero-order chi connectivity index (χ0) is 14.0. The summed E-state index contributed by atoms with van der Waals surface area (Å²) in [6.07, 6.45) is 2.18. The molecule has 19 heavy (non-hydrogen) atoms. The van der Waals surface area contributed by atoms with Crippen LogP contribution in [0.1, 0.15) is 24.1 Å². The van der Waals surface area contributed by atoms with E-state index in [1.165, 1.54) is 11.6 Å². The van der Waals surface area contributed by atoms with Gasteiger partial charge in [-0.2, -0.15) is 0 Å². The van der Waals surface area contributed by atoms with Crippen LogP contribution in [0.15, 0.2) is 24.8 Å². The molecule has 1 heterocycles. The van der Waals surface area contributed by atoms with E-state index >= 15 is 0 Å². The molecule has 4 heteroatoms. The van der Waals surface area contributed by atoms with Gasteiger partial charge < -0.3 is 14.4 Å². The van der Waals surface area contributed by atoms with Crippen LogP contribution in [-0.4, -0.2) is 31.6 Å². The molecule has 1 aliphatic rings. The second kappa shape index (κ2) is 5.34. The van der Waals surface area contributed by atoms with Gasteiger partial charge in [-0.1, -0.05) is 6.58 Å². The fourth-order valence-corrected chi connectivity index (χ4v) is 2.56. The van der Waals surface area contributed by atoms with E-state index in [2.05, 4.69) is 6.58 Å². The standard InChI is InChI=1S/C15H19NO3/c1-5-15(17)16-7-6-11-8-13(18-3)14(19-4)9-12(11)10(16)2/h5,8-10H,1,6-7H2,2-4H3. The van der Waals surface area contributed by atoms with E-state index in [0.717, 1.165) is 17.7 Å². The molecule has 0 N–H and O–H groups in total. The van der Waals surface area contributed by atoms with Gasteiger partial charge in [-0.15, -0.1) is 0 Å². The number of carbonyl (C=O) groups excluding carboxylic acids is 1. The van der Waals surface area contributed by atoms with Gasteiger partial charge in [0.15, 0.2) is 11.5 Å². The number of ether oxygens (including phenoxy) is 2. The van der Waals surface area contributed by atoms with Crippen molar-refractivity contribution in [2.75, 3.05) is 20.8 Å². The largest absolute Gasteiger partial charge is 0.493 e. The molecule has 0 radical (unpaired) electrons. The summed E-state index contributed by atoms with van der Waals surface area (Å²) >= 11 is 0. The summed E-state index contributed by atoms with van der Waals surface area (Å²) in [5.74, 6) is 1.39. The Morgan fingerprint density at radius 2 is 2.00 bits per heavy atom. The molecule has 102 valence electrons. The lowest BCUT2D eigenvalue weighted by Gasteiger charge is -2.35. The fourth-order valence-electron chi connectivity index (χ4n) is 2.56. The highest BCUT2D eigenvalue weighted by atomic mass is 16.5. The molecule has 2 rings (SSSR count). The third kappa shape index (κ3) is 2.30. The molecule has 4 nitrogen and oxygen atoms in total. The summed E-state index contributed by atoms with van der Waals surface area (Å²) < 4.78 is 10.6. The maximum Gasteiger partial charge on any atom is 0.246 e. The third-order valence-electron chi connectivity index (χ3n) is 3.64. The molecule has 0 bridgehead atoms. The number of carbonyl (C=O) groups is 1. The molecule has 0 saturated heterocycles. The Labute approximate surface area is 113 Å². The van der Waals surface area contributed by atoms with E-state index < -0.39 is 0 Å². The Morgan fingerprint density at radius 1 is 1.37 bits per heavy atom. The Bertz CT molecular complexity index is 510. The van der Waals surface area contributed by atoms with Gasteiger partial charge in [0, 0.05) is 6.54 Å². The van der Waals surface area contributed by atoms with Crippen molar-refractivity contribution in [1.29, 1.82) is 0 Å². The summed E-state index contributed by atoms with van der Waals surface area (Å²) in [7, 11) is 3.24. The first kappa shape index (κ1) is 13.5. The van der Waals surface area contributed by atoms with Crippen LogP contribution in [0.3, 0.4) is 0 Å². The van der Waals surface area contributed by atoms with Gasteiger partial charge in [0.1, 0.15) is 0 Å². The number of benzene rings is 1. The molecular weight excluding hydrogens is 242 g/mol. The number of nitrogens with zero attached hydrogens (tertiary/aromatic N) is 1. The summed E-state index contributed by atoms with van der Waals surface area (Å²) in [6, 6.07) is 3.98. The fraction of sp³-hybridized carbons (Fsp3) is 0.400. The summed E-state index contributed by atoms with van der Waals surface area (Å²) in [4.78, 5) is 13.6. The molecule has 1 unspecified atom stereocenters. The topological polar surface area (TPSA) is 38.8 Å². The third-order valence-corrected chi connectivity index (χ3v) is 3.64. The Kier molecular flexibility index (Phi) is 3.79. The zero-order valence-corrected chi connectivity index (χ0v) is 11.6. The first-order valence-electron chi connectivity index (χ1n) is 6.30. The summed E-state index contributed by atoms with van der Waals surface area (Å²) in [5.41, 5.74) is 2.32. The van der Waals surface area contributed by atoms with Crippen LogP contribution in [0.4, 0.5) is 0 Å². The lowest BCUT2D eigenvalue weighted by atomic mass is 9.92. The molecule has 0 aliphatic carbocycles. The number of methoxy groups -OCH3 is 2. The quantitative estimate of drug-likeness (QED) is 0.784. The number of hydrogen-bond acceptors (Lipinski definition) is 3. The average molecular weight is 261 g/mol. The van der Waals surface area contributed by atoms with Crippen molar-refractivity contribution in [2.45, 2.75) is 19.4 Å². The minimum absolute atomic E-state index is 0.0223. The van der Waals surface area contributed by atoms with Crippen LogP contribution in [0.25, 0.3) is 0 Å². The second-order valence-electron chi connectivity index (χ2n) is 4.57. The van der Waals surface area contributed by atoms with Gasteiger partial charge in [0.25, 0.3) is 0 Å². The van der Waals surface area contributed by atoms with Gasteiger partial charge in [0.05, 0.1) is 20.3 Å². The van der Waals surface area contributed by atoms with Crippen LogP contribution in [0.5, 0.6) is 11.5 Å². The van der Waals surface area contributed by atoms with Crippen LogP contribution < -0.4 is 9.47 Å². The zero-order valence-electron chi connectivity index (χ0n) is 11.6. The van der Waals surface area contributed by atoms with Crippen molar-refractivity contribution in [1.82, 2.24) is 4.90 Å². The smallest absolute Gasteiger partial charge is 0.246 e. The Balaban J connectivity index is 2.43. The van der Waals surface area contributed by atoms with Crippen LogP contribution in [-0.2, 0) is 11.2 Å². The molecule has 0 fully saturated rings. The van der Waals surface area contributed by atoms with Crippen LogP contribution in [0.2, 0.25) is 0 Å². The van der Waals surface area contributed by atoms with Gasteiger partial charge in [-0.3, -0.25) is 4.79 Å². The molecule has 0 saturated carbocycles. The second-order valence-corrected chi connectivity index (χ2v) is 4.57.